The maximum absolute atomic E-state index is 11.0. The van der Waals surface area contributed by atoms with Gasteiger partial charge in [0.05, 0.1) is 18.1 Å². The van der Waals surface area contributed by atoms with E-state index in [0.717, 1.165) is 56.1 Å². The van der Waals surface area contributed by atoms with E-state index in [2.05, 4.69) is 22.8 Å². The van der Waals surface area contributed by atoms with Gasteiger partial charge in [0.2, 0.25) is 0 Å². The Hall–Kier alpha value is -2.80. The molecular formula is C24H31N3O4. The molecule has 1 saturated carbocycles. The van der Waals surface area contributed by atoms with Crippen molar-refractivity contribution < 1.29 is 14.4 Å². The fraction of sp³-hybridized carbons (Fsp3) is 0.500. The molecule has 31 heavy (non-hydrogen) atoms. The van der Waals surface area contributed by atoms with Crippen LogP contribution in [0.2, 0.25) is 0 Å². The lowest BCUT2D eigenvalue weighted by Crippen LogP contribution is -2.38. The van der Waals surface area contributed by atoms with Gasteiger partial charge in [0.25, 0.3) is 5.69 Å². The van der Waals surface area contributed by atoms with Gasteiger partial charge in [0.15, 0.2) is 11.5 Å². The quantitative estimate of drug-likeness (QED) is 0.470. The van der Waals surface area contributed by atoms with Gasteiger partial charge in [-0.15, -0.1) is 0 Å². The third kappa shape index (κ3) is 5.47. The van der Waals surface area contributed by atoms with Gasteiger partial charge < -0.3 is 20.1 Å². The van der Waals surface area contributed by atoms with Crippen molar-refractivity contribution in [3.05, 3.63) is 58.1 Å². The topological polar surface area (TPSA) is 85.7 Å². The number of rotatable bonds is 8. The standard InChI is InChI=1S/C24H31N3O4/c1-30-23-10-9-18(12-24(23)31-22-7-2-3-8-22)19-11-17(14-25-16-19)15-26-20-5-4-6-21(13-20)27(28)29/h4-6,9-10,12-13,17,19,22,25-26H,2-3,7-8,11,14-16H2,1H3/t17-,19+/m0/s1. The van der Waals surface area contributed by atoms with Crippen molar-refractivity contribution in [2.75, 3.05) is 32.1 Å². The minimum atomic E-state index is -0.363. The second kappa shape index (κ2) is 10.0. The first-order valence-electron chi connectivity index (χ1n) is 11.2. The number of hydrogen-bond acceptors (Lipinski definition) is 6. The fourth-order valence-electron chi connectivity index (χ4n) is 4.66. The van der Waals surface area contributed by atoms with E-state index in [9.17, 15) is 10.1 Å². The Labute approximate surface area is 183 Å². The van der Waals surface area contributed by atoms with Crippen LogP contribution in [0.5, 0.6) is 11.5 Å². The predicted octanol–water partition coefficient (Wildman–Crippen LogP) is 4.73. The average molecular weight is 426 g/mol. The first-order valence-corrected chi connectivity index (χ1v) is 11.2. The molecule has 0 amide bonds. The highest BCUT2D eigenvalue weighted by Gasteiger charge is 2.25. The Balaban J connectivity index is 1.39. The third-order valence-electron chi connectivity index (χ3n) is 6.35. The molecule has 2 N–H and O–H groups in total. The molecule has 2 aromatic rings. The molecule has 0 aromatic heterocycles. The normalized spacial score (nSPS) is 21.6. The summed E-state index contributed by atoms with van der Waals surface area (Å²) in [5.41, 5.74) is 2.16. The van der Waals surface area contributed by atoms with E-state index in [1.165, 1.54) is 24.5 Å². The molecule has 1 aliphatic carbocycles. The highest BCUT2D eigenvalue weighted by molar-refractivity contribution is 5.51. The van der Waals surface area contributed by atoms with Gasteiger partial charge in [-0.3, -0.25) is 10.1 Å². The third-order valence-corrected chi connectivity index (χ3v) is 6.35. The van der Waals surface area contributed by atoms with Crippen LogP contribution in [0.25, 0.3) is 0 Å². The number of hydrogen-bond donors (Lipinski definition) is 2. The zero-order chi connectivity index (χ0) is 21.6. The summed E-state index contributed by atoms with van der Waals surface area (Å²) in [7, 11) is 1.69. The smallest absolute Gasteiger partial charge is 0.271 e. The van der Waals surface area contributed by atoms with Gasteiger partial charge in [-0.05, 0) is 74.2 Å². The van der Waals surface area contributed by atoms with Crippen molar-refractivity contribution >= 4 is 11.4 Å². The number of nitrogens with zero attached hydrogens (tertiary/aromatic N) is 1. The van der Waals surface area contributed by atoms with Crippen LogP contribution < -0.4 is 20.1 Å². The van der Waals surface area contributed by atoms with E-state index in [4.69, 9.17) is 9.47 Å². The van der Waals surface area contributed by atoms with Crippen LogP contribution >= 0.6 is 0 Å². The summed E-state index contributed by atoms with van der Waals surface area (Å²) in [6.07, 6.45) is 6.04. The summed E-state index contributed by atoms with van der Waals surface area (Å²) in [6.45, 7) is 2.63. The van der Waals surface area contributed by atoms with Crippen LogP contribution in [-0.2, 0) is 0 Å². The second-order valence-corrected chi connectivity index (χ2v) is 8.58. The van der Waals surface area contributed by atoms with Crippen molar-refractivity contribution in [2.24, 2.45) is 5.92 Å². The molecule has 166 valence electrons. The molecule has 0 spiro atoms. The summed E-state index contributed by atoms with van der Waals surface area (Å²) in [5, 5.41) is 17.9. The summed E-state index contributed by atoms with van der Waals surface area (Å²) in [4.78, 5) is 10.6. The van der Waals surface area contributed by atoms with Crippen LogP contribution in [0.1, 0.15) is 43.6 Å². The second-order valence-electron chi connectivity index (χ2n) is 8.58. The Morgan fingerprint density at radius 2 is 1.97 bits per heavy atom. The van der Waals surface area contributed by atoms with Crippen molar-refractivity contribution in [1.82, 2.24) is 5.32 Å². The minimum Gasteiger partial charge on any atom is -0.493 e. The van der Waals surface area contributed by atoms with Crippen molar-refractivity contribution in [3.8, 4) is 11.5 Å². The number of methoxy groups -OCH3 is 1. The maximum atomic E-state index is 11.0. The van der Waals surface area contributed by atoms with E-state index in [0.29, 0.717) is 17.9 Å². The fourth-order valence-corrected chi connectivity index (χ4v) is 4.66. The van der Waals surface area contributed by atoms with Crippen LogP contribution in [0.4, 0.5) is 11.4 Å². The first-order chi connectivity index (χ1) is 15.1. The number of ether oxygens (including phenoxy) is 2. The Bertz CT molecular complexity index is 898. The summed E-state index contributed by atoms with van der Waals surface area (Å²) in [5.74, 6) is 2.47. The van der Waals surface area contributed by atoms with Crippen LogP contribution in [0.15, 0.2) is 42.5 Å². The Kier molecular flexibility index (Phi) is 6.92. The van der Waals surface area contributed by atoms with Gasteiger partial charge in [-0.25, -0.2) is 0 Å². The van der Waals surface area contributed by atoms with Crippen LogP contribution in [0, 0.1) is 16.0 Å². The van der Waals surface area contributed by atoms with E-state index >= 15 is 0 Å². The molecule has 0 radical (unpaired) electrons. The highest BCUT2D eigenvalue weighted by atomic mass is 16.6. The number of benzene rings is 2. The lowest BCUT2D eigenvalue weighted by Gasteiger charge is -2.31. The van der Waals surface area contributed by atoms with Crippen molar-refractivity contribution in [1.29, 1.82) is 0 Å². The SMILES string of the molecule is COc1ccc([C@H]2CNC[C@@H](CNc3cccc([N+](=O)[O-])c3)C2)cc1OC1CCCC1. The minimum absolute atomic E-state index is 0.109. The molecule has 2 aliphatic rings. The maximum Gasteiger partial charge on any atom is 0.271 e. The molecule has 7 heteroatoms. The average Bonchev–Trinajstić information content (AvgIpc) is 3.31. The zero-order valence-electron chi connectivity index (χ0n) is 18.0. The molecule has 2 fully saturated rings. The molecule has 0 bridgehead atoms. The monoisotopic (exact) mass is 425 g/mol. The zero-order valence-corrected chi connectivity index (χ0v) is 18.0. The molecule has 7 nitrogen and oxygen atoms in total. The molecule has 2 atom stereocenters. The van der Waals surface area contributed by atoms with Gasteiger partial charge in [0.1, 0.15) is 0 Å². The number of nitro groups is 1. The predicted molar refractivity (Wildman–Crippen MR) is 121 cm³/mol. The number of piperidine rings is 1. The van der Waals surface area contributed by atoms with E-state index < -0.39 is 0 Å². The summed E-state index contributed by atoms with van der Waals surface area (Å²) in [6, 6.07) is 13.0. The molecule has 1 heterocycles. The molecule has 4 rings (SSSR count). The van der Waals surface area contributed by atoms with Gasteiger partial charge in [-0.1, -0.05) is 12.1 Å². The number of anilines is 1. The van der Waals surface area contributed by atoms with Gasteiger partial charge >= 0.3 is 0 Å². The Morgan fingerprint density at radius 1 is 1.13 bits per heavy atom. The van der Waals surface area contributed by atoms with Gasteiger partial charge in [-0.2, -0.15) is 0 Å². The van der Waals surface area contributed by atoms with Crippen molar-refractivity contribution in [2.45, 2.75) is 44.1 Å². The van der Waals surface area contributed by atoms with E-state index in [1.54, 1.807) is 19.2 Å². The molecule has 1 saturated heterocycles. The van der Waals surface area contributed by atoms with Gasteiger partial charge in [0, 0.05) is 30.9 Å². The Morgan fingerprint density at radius 3 is 2.74 bits per heavy atom. The largest absolute Gasteiger partial charge is 0.493 e. The molecule has 1 aliphatic heterocycles. The first kappa shape index (κ1) is 21.4. The molecule has 0 unspecified atom stereocenters. The van der Waals surface area contributed by atoms with Crippen LogP contribution in [-0.4, -0.2) is 37.8 Å². The number of non-ortho nitro benzene ring substituents is 1. The number of nitro benzene ring substituents is 1. The lowest BCUT2D eigenvalue weighted by molar-refractivity contribution is -0.384. The molecule has 2 aromatic carbocycles. The highest BCUT2D eigenvalue weighted by Crippen LogP contribution is 2.36. The molecular weight excluding hydrogens is 394 g/mol. The van der Waals surface area contributed by atoms with Crippen molar-refractivity contribution in [3.63, 3.8) is 0 Å². The van der Waals surface area contributed by atoms with Crippen LogP contribution in [0.3, 0.4) is 0 Å². The summed E-state index contributed by atoms with van der Waals surface area (Å²) < 4.78 is 11.8. The number of nitrogens with one attached hydrogen (secondary N) is 2. The summed E-state index contributed by atoms with van der Waals surface area (Å²) >= 11 is 0. The van der Waals surface area contributed by atoms with E-state index in [-0.39, 0.29) is 10.6 Å². The lowest BCUT2D eigenvalue weighted by atomic mass is 9.85. The van der Waals surface area contributed by atoms with E-state index in [1.807, 2.05) is 12.1 Å².